The lowest BCUT2D eigenvalue weighted by atomic mass is 10.3. The molecule has 1 fully saturated rings. The Morgan fingerprint density at radius 3 is 2.27 bits per heavy atom. The summed E-state index contributed by atoms with van der Waals surface area (Å²) in [5.41, 5.74) is 0.477. The van der Waals surface area contributed by atoms with E-state index >= 15 is 0 Å². The number of hydrogen-bond donors (Lipinski definition) is 1. The van der Waals surface area contributed by atoms with Gasteiger partial charge in [-0.25, -0.2) is 8.42 Å². The molecule has 9 heteroatoms. The van der Waals surface area contributed by atoms with Crippen molar-refractivity contribution in [3.05, 3.63) is 46.8 Å². The summed E-state index contributed by atoms with van der Waals surface area (Å²) in [7, 11) is -3.61. The van der Waals surface area contributed by atoms with E-state index in [9.17, 15) is 13.2 Å². The molecule has 26 heavy (non-hydrogen) atoms. The zero-order chi connectivity index (χ0) is 18.9. The fraction of sp³-hybridized carbons (Fsp3) is 0.353. The molecule has 1 aliphatic rings. The first-order valence-electron chi connectivity index (χ1n) is 8.08. The molecule has 1 saturated heterocycles. The summed E-state index contributed by atoms with van der Waals surface area (Å²) in [5.74, 6) is -0.257. The first-order valence-corrected chi connectivity index (χ1v) is 10.3. The second-order valence-corrected chi connectivity index (χ2v) is 8.88. The van der Waals surface area contributed by atoms with E-state index < -0.39 is 15.9 Å². The number of benzene rings is 1. The Labute approximate surface area is 160 Å². The number of nitrogens with one attached hydrogen (secondary N) is 1. The molecule has 1 aromatic carbocycles. The largest absolute Gasteiger partial charge is 0.444 e. The molecule has 0 saturated carbocycles. The van der Waals surface area contributed by atoms with Crippen LogP contribution in [0.25, 0.3) is 0 Å². The van der Waals surface area contributed by atoms with Gasteiger partial charge in [0.05, 0.1) is 17.1 Å². The number of carbonyl (C=O) groups is 1. The van der Waals surface area contributed by atoms with Crippen molar-refractivity contribution >= 4 is 37.5 Å². The fourth-order valence-corrected chi connectivity index (χ4v) is 4.71. The highest BCUT2D eigenvalue weighted by atomic mass is 79.9. The van der Waals surface area contributed by atoms with Gasteiger partial charge in [-0.2, -0.15) is 4.31 Å². The third-order valence-electron chi connectivity index (χ3n) is 3.93. The number of anilines is 1. The molecule has 2 atom stereocenters. The van der Waals surface area contributed by atoms with Gasteiger partial charge in [0, 0.05) is 18.8 Å². The van der Waals surface area contributed by atoms with E-state index in [2.05, 4.69) is 21.2 Å². The lowest BCUT2D eigenvalue weighted by molar-refractivity contribution is -0.0440. The number of ether oxygens (including phenoxy) is 1. The molecular weight excluding hydrogens is 424 g/mol. The lowest BCUT2D eigenvalue weighted by Crippen LogP contribution is -2.48. The number of amides is 1. The Hall–Kier alpha value is -1.68. The van der Waals surface area contributed by atoms with Gasteiger partial charge in [0.1, 0.15) is 0 Å². The minimum Gasteiger partial charge on any atom is -0.444 e. The molecule has 0 unspecified atom stereocenters. The average Bonchev–Trinajstić information content (AvgIpc) is 3.01. The maximum Gasteiger partial charge on any atom is 0.291 e. The van der Waals surface area contributed by atoms with Crippen LogP contribution in [0.1, 0.15) is 24.4 Å². The highest BCUT2D eigenvalue weighted by Crippen LogP contribution is 2.23. The van der Waals surface area contributed by atoms with Crippen LogP contribution in [-0.4, -0.2) is 43.9 Å². The predicted molar refractivity (Wildman–Crippen MR) is 99.6 cm³/mol. The van der Waals surface area contributed by atoms with Crippen LogP contribution < -0.4 is 5.32 Å². The molecule has 0 radical (unpaired) electrons. The monoisotopic (exact) mass is 442 g/mol. The molecule has 0 spiro atoms. The average molecular weight is 443 g/mol. The maximum atomic E-state index is 12.8. The molecule has 3 rings (SSSR count). The molecule has 1 amide bonds. The first kappa shape index (κ1) is 19.1. The molecule has 2 heterocycles. The van der Waals surface area contributed by atoms with Gasteiger partial charge < -0.3 is 14.5 Å². The van der Waals surface area contributed by atoms with Crippen molar-refractivity contribution in [3.63, 3.8) is 0 Å². The number of hydrogen-bond acceptors (Lipinski definition) is 5. The number of morpholine rings is 1. The molecule has 2 aromatic rings. The Bertz CT molecular complexity index is 884. The summed E-state index contributed by atoms with van der Waals surface area (Å²) in [6, 6.07) is 9.22. The summed E-state index contributed by atoms with van der Waals surface area (Å²) in [5, 5.41) is 2.66. The third kappa shape index (κ3) is 4.17. The quantitative estimate of drug-likeness (QED) is 0.785. The van der Waals surface area contributed by atoms with Crippen LogP contribution in [0.3, 0.4) is 0 Å². The van der Waals surface area contributed by atoms with Gasteiger partial charge in [0.15, 0.2) is 10.4 Å². The van der Waals surface area contributed by atoms with E-state index in [0.29, 0.717) is 23.4 Å². The summed E-state index contributed by atoms with van der Waals surface area (Å²) < 4.78 is 38.3. The van der Waals surface area contributed by atoms with E-state index in [1.54, 1.807) is 24.3 Å². The van der Waals surface area contributed by atoms with Crippen LogP contribution in [-0.2, 0) is 14.8 Å². The Kier molecular flexibility index (Phi) is 5.52. The van der Waals surface area contributed by atoms with Gasteiger partial charge in [-0.3, -0.25) is 4.79 Å². The van der Waals surface area contributed by atoms with E-state index in [1.807, 2.05) is 13.8 Å². The smallest absolute Gasteiger partial charge is 0.291 e. The standard InChI is InChI=1S/C17H19BrN2O5S/c1-11-9-20(10-12(2)24-11)26(22,23)14-5-3-13(4-6-14)19-17(21)15-7-8-16(18)25-15/h3-8,11-12H,9-10H2,1-2H3,(H,19,21)/t11-,12+. The number of furan rings is 1. The van der Waals surface area contributed by atoms with Gasteiger partial charge in [0.25, 0.3) is 5.91 Å². The van der Waals surface area contributed by atoms with Crippen LogP contribution in [0, 0.1) is 0 Å². The minimum atomic E-state index is -3.61. The molecule has 7 nitrogen and oxygen atoms in total. The SMILES string of the molecule is C[C@@H]1CN(S(=O)(=O)c2ccc(NC(=O)c3ccc(Br)o3)cc2)C[C@H](C)O1. The highest BCUT2D eigenvalue weighted by Gasteiger charge is 2.32. The fourth-order valence-electron chi connectivity index (χ4n) is 2.82. The summed E-state index contributed by atoms with van der Waals surface area (Å²) in [4.78, 5) is 12.2. The third-order valence-corrected chi connectivity index (χ3v) is 6.21. The second kappa shape index (κ2) is 7.51. The van der Waals surface area contributed by atoms with Crippen molar-refractivity contribution < 1.29 is 22.4 Å². The van der Waals surface area contributed by atoms with Crippen LogP contribution in [0.4, 0.5) is 5.69 Å². The van der Waals surface area contributed by atoms with E-state index in [1.165, 1.54) is 16.4 Å². The van der Waals surface area contributed by atoms with Gasteiger partial charge in [-0.05, 0) is 66.2 Å². The summed E-state index contributed by atoms with van der Waals surface area (Å²) >= 11 is 3.14. The maximum absolute atomic E-state index is 12.8. The zero-order valence-corrected chi connectivity index (χ0v) is 16.7. The molecular formula is C17H19BrN2O5S. The number of rotatable bonds is 4. The number of halogens is 1. The van der Waals surface area contributed by atoms with Crippen LogP contribution >= 0.6 is 15.9 Å². The van der Waals surface area contributed by atoms with Crippen LogP contribution in [0.5, 0.6) is 0 Å². The van der Waals surface area contributed by atoms with E-state index in [0.717, 1.165) is 0 Å². The molecule has 1 N–H and O–H groups in total. The summed E-state index contributed by atoms with van der Waals surface area (Å²) in [6.45, 7) is 4.34. The normalized spacial score (nSPS) is 21.5. The molecule has 1 aromatic heterocycles. The van der Waals surface area contributed by atoms with Gasteiger partial charge in [-0.15, -0.1) is 0 Å². The first-order chi connectivity index (χ1) is 12.3. The number of sulfonamides is 1. The van der Waals surface area contributed by atoms with Crippen molar-refractivity contribution in [2.75, 3.05) is 18.4 Å². The van der Waals surface area contributed by atoms with E-state index in [4.69, 9.17) is 9.15 Å². The zero-order valence-electron chi connectivity index (χ0n) is 14.3. The van der Waals surface area contributed by atoms with Crippen molar-refractivity contribution in [2.45, 2.75) is 31.0 Å². The van der Waals surface area contributed by atoms with Crippen LogP contribution in [0.2, 0.25) is 0 Å². The Balaban J connectivity index is 1.73. The molecule has 0 aliphatic carbocycles. The topological polar surface area (TPSA) is 88.9 Å². The van der Waals surface area contributed by atoms with Crippen molar-refractivity contribution in [2.24, 2.45) is 0 Å². The minimum absolute atomic E-state index is 0.153. The van der Waals surface area contributed by atoms with Gasteiger partial charge in [-0.1, -0.05) is 0 Å². The highest BCUT2D eigenvalue weighted by molar-refractivity contribution is 9.10. The van der Waals surface area contributed by atoms with Crippen molar-refractivity contribution in [1.29, 1.82) is 0 Å². The van der Waals surface area contributed by atoms with Gasteiger partial charge in [0.2, 0.25) is 10.0 Å². The lowest BCUT2D eigenvalue weighted by Gasteiger charge is -2.34. The molecule has 0 bridgehead atoms. The van der Waals surface area contributed by atoms with Gasteiger partial charge >= 0.3 is 0 Å². The van der Waals surface area contributed by atoms with E-state index in [-0.39, 0.29) is 22.9 Å². The Morgan fingerprint density at radius 1 is 1.12 bits per heavy atom. The van der Waals surface area contributed by atoms with Crippen molar-refractivity contribution in [1.82, 2.24) is 4.31 Å². The molecule has 140 valence electrons. The van der Waals surface area contributed by atoms with Crippen molar-refractivity contribution in [3.8, 4) is 0 Å². The number of carbonyl (C=O) groups excluding carboxylic acids is 1. The predicted octanol–water partition coefficient (Wildman–Crippen LogP) is 3.09. The second-order valence-electron chi connectivity index (χ2n) is 6.16. The Morgan fingerprint density at radius 2 is 1.73 bits per heavy atom. The van der Waals surface area contributed by atoms with Crippen LogP contribution in [0.15, 0.2) is 50.4 Å². The summed E-state index contributed by atoms with van der Waals surface area (Å²) in [6.07, 6.45) is -0.306. The number of nitrogens with zero attached hydrogens (tertiary/aromatic N) is 1. The molecule has 1 aliphatic heterocycles.